The van der Waals surface area contributed by atoms with Gasteiger partial charge in [-0.05, 0) is 26.3 Å². The van der Waals surface area contributed by atoms with Crippen molar-refractivity contribution < 1.29 is 19.6 Å². The van der Waals surface area contributed by atoms with Gasteiger partial charge in [0.05, 0.1) is 12.0 Å². The van der Waals surface area contributed by atoms with Gasteiger partial charge in [0.15, 0.2) is 0 Å². The Bertz CT molecular complexity index is 548. The SMILES string of the molecule is CC(C)(C)OC(=O)C(CC(C)(C)[N+](=O)[O-])C(O)c1ccccc1. The zero-order valence-electron chi connectivity index (χ0n) is 14.3. The lowest BCUT2D eigenvalue weighted by molar-refractivity contribution is -0.563. The third kappa shape index (κ3) is 5.63. The van der Waals surface area contributed by atoms with Crippen LogP contribution < -0.4 is 0 Å². The van der Waals surface area contributed by atoms with Gasteiger partial charge in [-0.25, -0.2) is 0 Å². The smallest absolute Gasteiger partial charge is 0.312 e. The summed E-state index contributed by atoms with van der Waals surface area (Å²) >= 11 is 0. The highest BCUT2D eigenvalue weighted by atomic mass is 16.6. The maximum Gasteiger partial charge on any atom is 0.312 e. The van der Waals surface area contributed by atoms with Crippen molar-refractivity contribution in [3.8, 4) is 0 Å². The van der Waals surface area contributed by atoms with Crippen molar-refractivity contribution in [1.29, 1.82) is 0 Å². The van der Waals surface area contributed by atoms with Crippen LogP contribution in [0.1, 0.15) is 52.7 Å². The van der Waals surface area contributed by atoms with Gasteiger partial charge in [0.1, 0.15) is 5.60 Å². The van der Waals surface area contributed by atoms with Gasteiger partial charge in [0.25, 0.3) is 0 Å². The molecule has 0 saturated heterocycles. The van der Waals surface area contributed by atoms with Crippen LogP contribution in [0.15, 0.2) is 30.3 Å². The lowest BCUT2D eigenvalue weighted by Gasteiger charge is -2.29. The van der Waals surface area contributed by atoms with Crippen LogP contribution in [-0.2, 0) is 9.53 Å². The van der Waals surface area contributed by atoms with Crippen LogP contribution in [0, 0.1) is 16.0 Å². The zero-order chi connectivity index (χ0) is 17.8. The molecule has 1 aromatic rings. The van der Waals surface area contributed by atoms with Crippen LogP contribution >= 0.6 is 0 Å². The maximum atomic E-state index is 12.5. The number of rotatable bonds is 6. The first kappa shape index (κ1) is 19.1. The van der Waals surface area contributed by atoms with E-state index in [9.17, 15) is 20.0 Å². The number of aliphatic hydroxyl groups excluding tert-OH is 1. The van der Waals surface area contributed by atoms with E-state index in [2.05, 4.69) is 0 Å². The highest BCUT2D eigenvalue weighted by Crippen LogP contribution is 2.32. The first-order valence-corrected chi connectivity index (χ1v) is 7.54. The van der Waals surface area contributed by atoms with E-state index in [4.69, 9.17) is 4.74 Å². The summed E-state index contributed by atoms with van der Waals surface area (Å²) in [4.78, 5) is 23.2. The van der Waals surface area contributed by atoms with Crippen molar-refractivity contribution in [2.24, 2.45) is 5.92 Å². The standard InChI is InChI=1S/C17H25NO5/c1-16(2,3)23-15(20)13(11-17(4,5)18(21)22)14(19)12-9-7-6-8-10-12/h6-10,13-14,19H,11H2,1-5H3. The number of benzene rings is 1. The molecule has 0 amide bonds. The fourth-order valence-corrected chi connectivity index (χ4v) is 2.20. The van der Waals surface area contributed by atoms with Gasteiger partial charge in [-0.1, -0.05) is 30.3 Å². The number of ether oxygens (including phenoxy) is 1. The molecule has 0 radical (unpaired) electrons. The molecular weight excluding hydrogens is 298 g/mol. The number of hydrogen-bond acceptors (Lipinski definition) is 5. The van der Waals surface area contributed by atoms with Crippen molar-refractivity contribution in [2.75, 3.05) is 0 Å². The highest BCUT2D eigenvalue weighted by molar-refractivity contribution is 5.74. The molecule has 0 saturated carbocycles. The molecule has 6 nitrogen and oxygen atoms in total. The van der Waals surface area contributed by atoms with Gasteiger partial charge in [-0.3, -0.25) is 14.9 Å². The Labute approximate surface area is 136 Å². The van der Waals surface area contributed by atoms with Gasteiger partial charge in [-0.2, -0.15) is 0 Å². The zero-order valence-corrected chi connectivity index (χ0v) is 14.3. The minimum absolute atomic E-state index is 0.120. The Morgan fingerprint density at radius 1 is 1.22 bits per heavy atom. The summed E-state index contributed by atoms with van der Waals surface area (Å²) in [7, 11) is 0. The number of nitro groups is 1. The Kier molecular flexibility index (Phi) is 5.88. The second-order valence-electron chi connectivity index (χ2n) is 7.27. The summed E-state index contributed by atoms with van der Waals surface area (Å²) in [5.74, 6) is -1.65. The quantitative estimate of drug-likeness (QED) is 0.493. The van der Waals surface area contributed by atoms with Gasteiger partial charge < -0.3 is 9.84 Å². The van der Waals surface area contributed by atoms with E-state index in [1.165, 1.54) is 13.8 Å². The fraction of sp³-hybridized carbons (Fsp3) is 0.588. The van der Waals surface area contributed by atoms with Gasteiger partial charge >= 0.3 is 5.97 Å². The van der Waals surface area contributed by atoms with E-state index in [0.29, 0.717) is 5.56 Å². The summed E-state index contributed by atoms with van der Waals surface area (Å²) in [5.41, 5.74) is -1.55. The minimum Gasteiger partial charge on any atom is -0.460 e. The molecule has 0 aliphatic carbocycles. The third-order valence-corrected chi connectivity index (χ3v) is 3.45. The van der Waals surface area contributed by atoms with E-state index in [0.717, 1.165) is 0 Å². The molecular formula is C17H25NO5. The second-order valence-corrected chi connectivity index (χ2v) is 7.27. The second kappa shape index (κ2) is 7.08. The van der Waals surface area contributed by atoms with E-state index < -0.39 is 34.1 Å². The number of esters is 1. The van der Waals surface area contributed by atoms with E-state index >= 15 is 0 Å². The predicted molar refractivity (Wildman–Crippen MR) is 86.4 cm³/mol. The molecule has 6 heteroatoms. The lowest BCUT2D eigenvalue weighted by atomic mass is 9.84. The van der Waals surface area contributed by atoms with Crippen molar-refractivity contribution >= 4 is 5.97 Å². The molecule has 0 aliphatic rings. The normalized spacial score (nSPS) is 14.9. The number of carbonyl (C=O) groups excluding carboxylic acids is 1. The van der Waals surface area contributed by atoms with Gasteiger partial charge in [0, 0.05) is 25.2 Å². The Morgan fingerprint density at radius 2 is 1.74 bits per heavy atom. The summed E-state index contributed by atoms with van der Waals surface area (Å²) in [6.07, 6.45) is -1.28. The Hall–Kier alpha value is -1.95. The predicted octanol–water partition coefficient (Wildman–Crippen LogP) is 3.12. The molecule has 0 bridgehead atoms. The first-order chi connectivity index (χ1) is 10.4. The van der Waals surface area contributed by atoms with Gasteiger partial charge in [-0.15, -0.1) is 0 Å². The Balaban J connectivity index is 3.10. The Morgan fingerprint density at radius 3 is 2.17 bits per heavy atom. The molecule has 1 aromatic carbocycles. The number of nitrogens with zero attached hydrogens (tertiary/aromatic N) is 1. The van der Waals surface area contributed by atoms with Crippen molar-refractivity contribution in [2.45, 2.75) is 58.3 Å². The van der Waals surface area contributed by atoms with Crippen LogP contribution in [0.5, 0.6) is 0 Å². The molecule has 2 atom stereocenters. The van der Waals surface area contributed by atoms with Crippen LogP contribution in [-0.4, -0.2) is 27.1 Å². The van der Waals surface area contributed by atoms with Gasteiger partial charge in [0.2, 0.25) is 5.54 Å². The molecule has 0 heterocycles. The fourth-order valence-electron chi connectivity index (χ4n) is 2.20. The average molecular weight is 323 g/mol. The minimum atomic E-state index is -1.35. The molecule has 1 rings (SSSR count). The van der Waals surface area contributed by atoms with Crippen molar-refractivity contribution in [3.63, 3.8) is 0 Å². The van der Waals surface area contributed by atoms with Crippen LogP contribution in [0.4, 0.5) is 0 Å². The molecule has 0 fully saturated rings. The lowest BCUT2D eigenvalue weighted by Crippen LogP contribution is -2.40. The number of hydrogen-bond donors (Lipinski definition) is 1. The molecule has 128 valence electrons. The average Bonchev–Trinajstić information content (AvgIpc) is 2.43. The molecule has 0 aliphatic heterocycles. The summed E-state index contributed by atoms with van der Waals surface area (Å²) in [6, 6.07) is 8.63. The molecule has 1 N–H and O–H groups in total. The molecule has 0 spiro atoms. The third-order valence-electron chi connectivity index (χ3n) is 3.45. The maximum absolute atomic E-state index is 12.5. The van der Waals surface area contributed by atoms with Crippen LogP contribution in [0.2, 0.25) is 0 Å². The number of aliphatic hydroxyl groups is 1. The molecule has 23 heavy (non-hydrogen) atoms. The summed E-state index contributed by atoms with van der Waals surface area (Å²) in [5, 5.41) is 21.8. The van der Waals surface area contributed by atoms with Crippen LogP contribution in [0.25, 0.3) is 0 Å². The van der Waals surface area contributed by atoms with Crippen LogP contribution in [0.3, 0.4) is 0 Å². The first-order valence-electron chi connectivity index (χ1n) is 7.54. The monoisotopic (exact) mass is 323 g/mol. The topological polar surface area (TPSA) is 89.7 Å². The highest BCUT2D eigenvalue weighted by Gasteiger charge is 2.42. The molecule has 0 aromatic heterocycles. The largest absolute Gasteiger partial charge is 0.460 e. The summed E-state index contributed by atoms with van der Waals surface area (Å²) in [6.45, 7) is 8.02. The van der Waals surface area contributed by atoms with Crippen molar-refractivity contribution in [1.82, 2.24) is 0 Å². The van der Waals surface area contributed by atoms with E-state index in [-0.39, 0.29) is 6.42 Å². The summed E-state index contributed by atoms with van der Waals surface area (Å²) < 4.78 is 5.35. The molecule has 2 unspecified atom stereocenters. The number of carbonyl (C=O) groups is 1. The van der Waals surface area contributed by atoms with E-state index in [1.807, 2.05) is 0 Å². The van der Waals surface area contributed by atoms with E-state index in [1.54, 1.807) is 51.1 Å². The van der Waals surface area contributed by atoms with Crippen molar-refractivity contribution in [3.05, 3.63) is 46.0 Å².